The zero-order valence-corrected chi connectivity index (χ0v) is 20.7. The maximum absolute atomic E-state index is 8.63. The first-order valence-electron chi connectivity index (χ1n) is 11.8. The number of hydrogen-bond acceptors (Lipinski definition) is 6. The quantitative estimate of drug-likeness (QED) is 0.314. The van der Waals surface area contributed by atoms with Crippen LogP contribution < -0.4 is 4.74 Å². The van der Waals surface area contributed by atoms with E-state index in [4.69, 9.17) is 14.9 Å². The van der Waals surface area contributed by atoms with Crippen molar-refractivity contribution in [2.24, 2.45) is 0 Å². The smallest absolute Gasteiger partial charge is 0.118 e. The molecule has 0 saturated heterocycles. The van der Waals surface area contributed by atoms with E-state index in [1.54, 1.807) is 37.6 Å². The lowest BCUT2D eigenvalue weighted by atomic mass is 10.1. The Labute approximate surface area is 209 Å². The number of methoxy groups -OCH3 is 1. The van der Waals surface area contributed by atoms with Gasteiger partial charge in [-0.3, -0.25) is 0 Å². The number of aliphatic hydroxyl groups is 1. The van der Waals surface area contributed by atoms with Crippen LogP contribution in [0, 0.1) is 0 Å². The minimum Gasteiger partial charge on any atom is -0.508 e. The van der Waals surface area contributed by atoms with Gasteiger partial charge in [-0.05, 0) is 47.5 Å². The molecule has 6 heteroatoms. The Bertz CT molecular complexity index is 924. The first kappa shape index (κ1) is 29.3. The molecule has 0 aliphatic heterocycles. The summed E-state index contributed by atoms with van der Waals surface area (Å²) in [7, 11) is 1.66. The molecule has 0 unspecified atom stereocenters. The largest absolute Gasteiger partial charge is 0.508 e. The summed E-state index contributed by atoms with van der Waals surface area (Å²) >= 11 is 0. The zero-order chi connectivity index (χ0) is 25.4. The molecule has 186 valence electrons. The number of ether oxygens (including phenoxy) is 1. The molecule has 0 saturated carbocycles. The van der Waals surface area contributed by atoms with E-state index in [2.05, 4.69) is 22.3 Å². The van der Waals surface area contributed by atoms with Crippen molar-refractivity contribution in [3.63, 3.8) is 0 Å². The number of aliphatic hydroxyl groups excluding tert-OH is 1. The van der Waals surface area contributed by atoms with E-state index in [1.807, 2.05) is 72.8 Å². The van der Waals surface area contributed by atoms with Crippen molar-refractivity contribution in [3.05, 3.63) is 115 Å². The Hall–Kier alpha value is -3.77. The molecule has 0 radical (unpaired) electrons. The van der Waals surface area contributed by atoms with Gasteiger partial charge in [-0.1, -0.05) is 92.9 Å². The van der Waals surface area contributed by atoms with Crippen molar-refractivity contribution < 1.29 is 14.9 Å². The summed E-state index contributed by atoms with van der Waals surface area (Å²) < 4.78 is 5.08. The van der Waals surface area contributed by atoms with Crippen LogP contribution in [0.1, 0.15) is 43.9 Å². The highest BCUT2D eigenvalue weighted by atomic mass is 16.5. The first-order chi connectivity index (χ1) is 17.2. The third-order valence-electron chi connectivity index (χ3n) is 4.54. The number of aromatic nitrogens is 3. The van der Waals surface area contributed by atoms with Crippen LogP contribution in [-0.2, 0) is 6.42 Å². The molecule has 3 aromatic carbocycles. The highest BCUT2D eigenvalue weighted by Crippen LogP contribution is 2.13. The monoisotopic (exact) mass is 475 g/mol. The second-order valence-corrected chi connectivity index (χ2v) is 7.41. The van der Waals surface area contributed by atoms with E-state index in [9.17, 15) is 0 Å². The summed E-state index contributed by atoms with van der Waals surface area (Å²) in [5.74, 6) is 1.18. The fraction of sp³-hybridized carbons (Fsp3) is 0.276. The van der Waals surface area contributed by atoms with Gasteiger partial charge in [0, 0.05) is 13.0 Å². The number of para-hydroxylation sites is 1. The molecule has 4 rings (SSSR count). The minimum atomic E-state index is 0.322. The molecule has 0 amide bonds. The van der Waals surface area contributed by atoms with Crippen molar-refractivity contribution in [1.29, 1.82) is 0 Å². The summed E-state index contributed by atoms with van der Waals surface area (Å²) in [4.78, 5) is 0. The highest BCUT2D eigenvalue weighted by Gasteiger charge is 1.98. The van der Waals surface area contributed by atoms with Crippen LogP contribution in [0.5, 0.6) is 11.5 Å². The Morgan fingerprint density at radius 3 is 1.77 bits per heavy atom. The Kier molecular flexibility index (Phi) is 17.4. The number of aromatic hydroxyl groups is 1. The van der Waals surface area contributed by atoms with E-state index in [1.165, 1.54) is 24.8 Å². The summed E-state index contributed by atoms with van der Waals surface area (Å²) in [5, 5.41) is 28.1. The highest BCUT2D eigenvalue weighted by molar-refractivity contribution is 5.29. The lowest BCUT2D eigenvalue weighted by molar-refractivity contribution is 0.283. The topological polar surface area (TPSA) is 88.4 Å². The summed E-state index contributed by atoms with van der Waals surface area (Å²) in [6.07, 6.45) is 7.09. The van der Waals surface area contributed by atoms with E-state index in [0.29, 0.717) is 12.4 Å². The predicted octanol–water partition coefficient (Wildman–Crippen LogP) is 6.11. The molecule has 0 spiro atoms. The molecule has 0 aliphatic carbocycles. The van der Waals surface area contributed by atoms with Gasteiger partial charge in [-0.15, -0.1) is 10.2 Å². The van der Waals surface area contributed by atoms with Gasteiger partial charge in [-0.25, -0.2) is 0 Å². The van der Waals surface area contributed by atoms with Gasteiger partial charge in [0.2, 0.25) is 0 Å². The molecule has 0 bridgehead atoms. The Morgan fingerprint density at radius 1 is 0.743 bits per heavy atom. The summed E-state index contributed by atoms with van der Waals surface area (Å²) in [6.45, 7) is 2.53. The molecule has 2 N–H and O–H groups in total. The van der Waals surface area contributed by atoms with Gasteiger partial charge in [0.15, 0.2) is 0 Å². The van der Waals surface area contributed by atoms with Crippen LogP contribution >= 0.6 is 0 Å². The van der Waals surface area contributed by atoms with Crippen LogP contribution in [0.3, 0.4) is 0 Å². The van der Waals surface area contributed by atoms with Crippen molar-refractivity contribution in [2.75, 3.05) is 13.7 Å². The predicted molar refractivity (Wildman–Crippen MR) is 141 cm³/mol. The fourth-order valence-corrected chi connectivity index (χ4v) is 2.66. The maximum atomic E-state index is 8.63. The zero-order valence-electron chi connectivity index (χ0n) is 20.7. The number of nitrogens with zero attached hydrogens (tertiary/aromatic N) is 3. The normalized spacial score (nSPS) is 9.23. The lowest BCUT2D eigenvalue weighted by Crippen LogP contribution is -1.95. The molecule has 0 fully saturated rings. The number of phenolic OH excluding ortho intramolecular Hbond substituents is 1. The second kappa shape index (κ2) is 20.8. The number of hydrogen-bond donors (Lipinski definition) is 2. The third-order valence-corrected chi connectivity index (χ3v) is 4.54. The average Bonchev–Trinajstić information content (AvgIpc) is 2.93. The Balaban J connectivity index is 0.000000257. The second-order valence-electron chi connectivity index (χ2n) is 7.41. The average molecular weight is 476 g/mol. The van der Waals surface area contributed by atoms with Crippen LogP contribution in [0.2, 0.25) is 0 Å². The third kappa shape index (κ3) is 16.5. The SMILES string of the molecule is CCCCCCO.COc1ccc(Cc2ccnnn2)cc1.Oc1ccccc1.c1ccccc1. The molecule has 0 aliphatic rings. The van der Waals surface area contributed by atoms with Crippen LogP contribution in [-0.4, -0.2) is 39.3 Å². The van der Waals surface area contributed by atoms with Crippen molar-refractivity contribution in [1.82, 2.24) is 15.4 Å². The van der Waals surface area contributed by atoms with Crippen molar-refractivity contribution in [2.45, 2.75) is 39.0 Å². The van der Waals surface area contributed by atoms with E-state index in [-0.39, 0.29) is 0 Å². The molecule has 4 aromatic rings. The van der Waals surface area contributed by atoms with Crippen molar-refractivity contribution >= 4 is 0 Å². The maximum Gasteiger partial charge on any atom is 0.118 e. The summed E-state index contributed by atoms with van der Waals surface area (Å²) in [5.41, 5.74) is 2.09. The molecule has 35 heavy (non-hydrogen) atoms. The first-order valence-corrected chi connectivity index (χ1v) is 11.8. The lowest BCUT2D eigenvalue weighted by Gasteiger charge is -2.02. The number of rotatable bonds is 7. The Morgan fingerprint density at radius 2 is 1.34 bits per heavy atom. The molecular formula is C29H37N3O3. The van der Waals surface area contributed by atoms with Gasteiger partial charge in [-0.2, -0.15) is 0 Å². The van der Waals surface area contributed by atoms with E-state index < -0.39 is 0 Å². The van der Waals surface area contributed by atoms with Crippen molar-refractivity contribution in [3.8, 4) is 11.5 Å². The van der Waals surface area contributed by atoms with Gasteiger partial charge < -0.3 is 14.9 Å². The fourth-order valence-electron chi connectivity index (χ4n) is 2.66. The molecule has 1 heterocycles. The van der Waals surface area contributed by atoms with Crippen LogP contribution in [0.15, 0.2) is 103 Å². The van der Waals surface area contributed by atoms with E-state index >= 15 is 0 Å². The standard InChI is InChI=1S/C11H11N3O.C6H6O.C6H14O.C6H6/c1-15-11-4-2-9(3-5-11)8-10-6-7-12-14-13-10;7-6-4-2-1-3-5-6;1-2-3-4-5-6-7;1-2-4-6-5-3-1/h2-7H,8H2,1H3;1-5,7H;7H,2-6H2,1H3;1-6H. The molecule has 1 aromatic heterocycles. The number of benzene rings is 3. The molecular weight excluding hydrogens is 438 g/mol. The van der Waals surface area contributed by atoms with Gasteiger partial charge in [0.25, 0.3) is 0 Å². The molecule has 0 atom stereocenters. The van der Waals surface area contributed by atoms with Gasteiger partial charge in [0.1, 0.15) is 11.5 Å². The number of unbranched alkanes of at least 4 members (excludes halogenated alkanes) is 3. The minimum absolute atomic E-state index is 0.322. The van der Waals surface area contributed by atoms with Gasteiger partial charge >= 0.3 is 0 Å². The van der Waals surface area contributed by atoms with Gasteiger partial charge in [0.05, 0.1) is 19.0 Å². The van der Waals surface area contributed by atoms with E-state index in [0.717, 1.165) is 24.3 Å². The molecule has 6 nitrogen and oxygen atoms in total. The summed E-state index contributed by atoms with van der Waals surface area (Å²) in [6, 6.07) is 30.5. The van der Waals surface area contributed by atoms with Crippen LogP contribution in [0.4, 0.5) is 0 Å². The number of phenols is 1. The van der Waals surface area contributed by atoms with Crippen LogP contribution in [0.25, 0.3) is 0 Å².